The maximum absolute atomic E-state index is 11.4. The molecule has 0 spiro atoms. The van der Waals surface area contributed by atoms with Crippen LogP contribution in [0.4, 0.5) is 0 Å². The highest BCUT2D eigenvalue weighted by Gasteiger charge is 1.96. The fraction of sp³-hybridized carbons (Fsp3) is 0.200. The molecule has 0 saturated carbocycles. The minimum atomic E-state index is -0.972. The molecule has 0 aromatic heterocycles. The van der Waals surface area contributed by atoms with E-state index in [1.54, 1.807) is 11.5 Å². The van der Waals surface area contributed by atoms with Gasteiger partial charge in [0.15, 0.2) is 0 Å². The lowest BCUT2D eigenvalue weighted by Gasteiger charge is -1.96. The zero-order chi connectivity index (χ0) is 8.97. The normalized spacial score (nSPS) is 13.5. The molecule has 1 aromatic carbocycles. The number of aryl methyl sites for hydroxylation is 1. The first-order valence-electron chi connectivity index (χ1n) is 3.84. The summed E-state index contributed by atoms with van der Waals surface area (Å²) in [5, 5.41) is 1.69. The van der Waals surface area contributed by atoms with Gasteiger partial charge in [-0.3, -0.25) is 0 Å². The van der Waals surface area contributed by atoms with Gasteiger partial charge < -0.3 is 0 Å². The van der Waals surface area contributed by atoms with Crippen molar-refractivity contribution in [3.8, 4) is 0 Å². The lowest BCUT2D eigenvalue weighted by Crippen LogP contribution is -1.85. The molecule has 0 aliphatic rings. The minimum absolute atomic E-state index is 0.860. The summed E-state index contributed by atoms with van der Waals surface area (Å²) in [6, 6.07) is 7.73. The average Bonchev–Trinajstić information content (AvgIpc) is 2.06. The smallest absolute Gasteiger partial charge is 0.0772 e. The molecule has 0 heterocycles. The first-order chi connectivity index (χ1) is 5.74. The topological polar surface area (TPSA) is 17.1 Å². The second-order valence-electron chi connectivity index (χ2n) is 2.58. The van der Waals surface area contributed by atoms with Crippen LogP contribution in [-0.2, 0) is 10.8 Å². The van der Waals surface area contributed by atoms with Gasteiger partial charge in [0, 0.05) is 10.3 Å². The highest BCUT2D eigenvalue weighted by atomic mass is 32.2. The Balaban J connectivity index is 2.90. The van der Waals surface area contributed by atoms with E-state index >= 15 is 0 Å². The number of rotatable bonds is 2. The van der Waals surface area contributed by atoms with Gasteiger partial charge in [0.25, 0.3) is 0 Å². The number of benzene rings is 1. The number of hydrogen-bond acceptors (Lipinski definition) is 1. The van der Waals surface area contributed by atoms with Crippen LogP contribution in [0.3, 0.4) is 0 Å². The highest BCUT2D eigenvalue weighted by Crippen LogP contribution is 2.08. The van der Waals surface area contributed by atoms with E-state index in [1.165, 1.54) is 5.56 Å². The zero-order valence-corrected chi connectivity index (χ0v) is 8.10. The SMILES string of the molecule is C/C=C\S(=O)c1ccc(C)cc1. The summed E-state index contributed by atoms with van der Waals surface area (Å²) in [6.07, 6.45) is 1.80. The average molecular weight is 180 g/mol. The van der Waals surface area contributed by atoms with Crippen LogP contribution in [0.2, 0.25) is 0 Å². The van der Waals surface area contributed by atoms with Crippen molar-refractivity contribution in [2.45, 2.75) is 18.7 Å². The Labute approximate surface area is 75.6 Å². The third-order valence-corrected chi connectivity index (χ3v) is 2.77. The molecule has 64 valence electrons. The summed E-state index contributed by atoms with van der Waals surface area (Å²) in [5.74, 6) is 0. The van der Waals surface area contributed by atoms with E-state index in [2.05, 4.69) is 0 Å². The van der Waals surface area contributed by atoms with E-state index in [-0.39, 0.29) is 0 Å². The summed E-state index contributed by atoms with van der Waals surface area (Å²) >= 11 is 0. The van der Waals surface area contributed by atoms with Crippen molar-refractivity contribution in [3.05, 3.63) is 41.3 Å². The van der Waals surface area contributed by atoms with Crippen LogP contribution in [0.25, 0.3) is 0 Å². The van der Waals surface area contributed by atoms with Crippen LogP contribution < -0.4 is 0 Å². The van der Waals surface area contributed by atoms with Crippen molar-refractivity contribution in [3.63, 3.8) is 0 Å². The molecular weight excluding hydrogens is 168 g/mol. The fourth-order valence-electron chi connectivity index (χ4n) is 0.875. The Morgan fingerprint density at radius 3 is 2.33 bits per heavy atom. The monoisotopic (exact) mass is 180 g/mol. The molecule has 12 heavy (non-hydrogen) atoms. The Kier molecular flexibility index (Phi) is 3.23. The van der Waals surface area contributed by atoms with E-state index in [0.29, 0.717) is 0 Å². The van der Waals surface area contributed by atoms with E-state index in [1.807, 2.05) is 38.1 Å². The Morgan fingerprint density at radius 2 is 1.83 bits per heavy atom. The standard InChI is InChI=1S/C10H12OS/c1-3-8-12(11)10-6-4-9(2)5-7-10/h3-8H,1-2H3/b8-3-. The van der Waals surface area contributed by atoms with E-state index in [4.69, 9.17) is 0 Å². The van der Waals surface area contributed by atoms with Crippen LogP contribution in [-0.4, -0.2) is 4.21 Å². The maximum Gasteiger partial charge on any atom is 0.0772 e. The predicted octanol–water partition coefficient (Wildman–Crippen LogP) is 2.64. The highest BCUT2D eigenvalue weighted by molar-refractivity contribution is 7.88. The molecule has 0 aliphatic heterocycles. The van der Waals surface area contributed by atoms with Crippen LogP contribution in [0, 0.1) is 6.92 Å². The molecule has 0 radical (unpaired) electrons. The van der Waals surface area contributed by atoms with E-state index in [9.17, 15) is 4.21 Å². The predicted molar refractivity (Wildman–Crippen MR) is 52.4 cm³/mol. The molecule has 0 amide bonds. The molecule has 1 unspecified atom stereocenters. The molecule has 1 nitrogen and oxygen atoms in total. The van der Waals surface area contributed by atoms with Gasteiger partial charge >= 0.3 is 0 Å². The van der Waals surface area contributed by atoms with Gasteiger partial charge in [-0.1, -0.05) is 23.8 Å². The lowest BCUT2D eigenvalue weighted by atomic mass is 10.2. The molecule has 0 N–H and O–H groups in total. The first-order valence-corrected chi connectivity index (χ1v) is 5.05. The molecule has 1 rings (SSSR count). The summed E-state index contributed by atoms with van der Waals surface area (Å²) in [5.41, 5.74) is 1.19. The van der Waals surface area contributed by atoms with Crippen LogP contribution >= 0.6 is 0 Å². The summed E-state index contributed by atoms with van der Waals surface area (Å²) in [7, 11) is -0.972. The minimum Gasteiger partial charge on any atom is -0.250 e. The van der Waals surface area contributed by atoms with Crippen LogP contribution in [0.15, 0.2) is 40.6 Å². The third kappa shape index (κ3) is 2.31. The maximum atomic E-state index is 11.4. The first kappa shape index (κ1) is 9.20. The molecular formula is C10H12OS. The van der Waals surface area contributed by atoms with Crippen molar-refractivity contribution in [1.29, 1.82) is 0 Å². The van der Waals surface area contributed by atoms with Crippen molar-refractivity contribution >= 4 is 10.8 Å². The van der Waals surface area contributed by atoms with Gasteiger partial charge in [0.1, 0.15) is 0 Å². The Bertz CT molecular complexity index is 298. The van der Waals surface area contributed by atoms with Gasteiger partial charge in [0.05, 0.1) is 10.8 Å². The second-order valence-corrected chi connectivity index (χ2v) is 3.92. The van der Waals surface area contributed by atoms with Crippen molar-refractivity contribution in [2.75, 3.05) is 0 Å². The summed E-state index contributed by atoms with van der Waals surface area (Å²) in [6.45, 7) is 3.88. The Hall–Kier alpha value is -0.890. The molecule has 0 bridgehead atoms. The third-order valence-electron chi connectivity index (χ3n) is 1.51. The van der Waals surface area contributed by atoms with Crippen molar-refractivity contribution in [1.82, 2.24) is 0 Å². The number of hydrogen-bond donors (Lipinski definition) is 0. The Morgan fingerprint density at radius 1 is 1.25 bits per heavy atom. The van der Waals surface area contributed by atoms with Crippen LogP contribution in [0.5, 0.6) is 0 Å². The molecule has 0 fully saturated rings. The van der Waals surface area contributed by atoms with Gasteiger partial charge in [-0.2, -0.15) is 0 Å². The van der Waals surface area contributed by atoms with Gasteiger partial charge in [0.2, 0.25) is 0 Å². The quantitative estimate of drug-likeness (QED) is 0.683. The van der Waals surface area contributed by atoms with Gasteiger partial charge in [-0.05, 0) is 26.0 Å². The van der Waals surface area contributed by atoms with E-state index < -0.39 is 10.8 Å². The largest absolute Gasteiger partial charge is 0.250 e. The van der Waals surface area contributed by atoms with Crippen molar-refractivity contribution in [2.24, 2.45) is 0 Å². The zero-order valence-electron chi connectivity index (χ0n) is 7.28. The van der Waals surface area contributed by atoms with Crippen molar-refractivity contribution < 1.29 is 4.21 Å². The van der Waals surface area contributed by atoms with Crippen LogP contribution in [0.1, 0.15) is 12.5 Å². The lowest BCUT2D eigenvalue weighted by molar-refractivity contribution is 0.688. The van der Waals surface area contributed by atoms with Gasteiger partial charge in [-0.25, -0.2) is 4.21 Å². The second kappa shape index (κ2) is 4.21. The molecule has 0 aliphatic carbocycles. The van der Waals surface area contributed by atoms with Gasteiger partial charge in [-0.15, -0.1) is 0 Å². The molecule has 1 aromatic rings. The molecule has 2 heteroatoms. The molecule has 0 saturated heterocycles. The van der Waals surface area contributed by atoms with E-state index in [0.717, 1.165) is 4.90 Å². The fourth-order valence-corrected chi connectivity index (χ4v) is 1.68. The summed E-state index contributed by atoms with van der Waals surface area (Å²) < 4.78 is 11.4. The summed E-state index contributed by atoms with van der Waals surface area (Å²) in [4.78, 5) is 0.860. The number of allylic oxidation sites excluding steroid dienone is 1. The molecule has 1 atom stereocenters.